The van der Waals surface area contributed by atoms with Crippen LogP contribution in [0.5, 0.6) is 0 Å². The first kappa shape index (κ1) is 24.6. The largest absolute Gasteiger partial charge is 0.449 e. The first-order valence-corrected chi connectivity index (χ1v) is 12.7. The zero-order chi connectivity index (χ0) is 24.3. The molecule has 0 bridgehead atoms. The maximum atomic E-state index is 15.3. The normalized spacial score (nSPS) is 42.3. The lowest BCUT2D eigenvalue weighted by Crippen LogP contribution is -2.60. The van der Waals surface area contributed by atoms with E-state index in [0.29, 0.717) is 49.4 Å². The molecular formula is C25H31F3O4S. The molecule has 182 valence electrons. The molecule has 0 aromatic heterocycles. The third-order valence-corrected chi connectivity index (χ3v) is 10.0. The number of thioether (sulfide) groups is 1. The van der Waals surface area contributed by atoms with Crippen molar-refractivity contribution in [3.8, 4) is 0 Å². The number of ether oxygens (including phenoxy) is 1. The summed E-state index contributed by atoms with van der Waals surface area (Å²) >= 11 is 0.539. The van der Waals surface area contributed by atoms with E-state index in [1.807, 2.05) is 13.8 Å². The van der Waals surface area contributed by atoms with Gasteiger partial charge in [0.05, 0.1) is 0 Å². The topological polar surface area (TPSA) is 60.4 Å². The maximum absolute atomic E-state index is 15.3. The fourth-order valence-electron chi connectivity index (χ4n) is 7.74. The van der Waals surface area contributed by atoms with Crippen LogP contribution in [-0.4, -0.2) is 28.5 Å². The van der Waals surface area contributed by atoms with E-state index >= 15 is 4.39 Å². The monoisotopic (exact) mass is 484 g/mol. The number of carbonyl (C=O) groups is 3. The quantitative estimate of drug-likeness (QED) is 0.457. The minimum atomic E-state index is -1.45. The van der Waals surface area contributed by atoms with Crippen LogP contribution in [-0.2, 0) is 19.1 Å². The zero-order valence-corrected chi connectivity index (χ0v) is 20.3. The van der Waals surface area contributed by atoms with Crippen LogP contribution in [0.2, 0.25) is 0 Å². The number of alkyl halides is 1. The first-order chi connectivity index (χ1) is 15.5. The second-order valence-corrected chi connectivity index (χ2v) is 11.4. The van der Waals surface area contributed by atoms with Gasteiger partial charge in [-0.25, -0.2) is 8.78 Å². The molecule has 7 atom stereocenters. The summed E-state index contributed by atoms with van der Waals surface area (Å²) in [6.45, 7) is 7.16. The smallest absolute Gasteiger partial charge is 0.306 e. The molecule has 33 heavy (non-hydrogen) atoms. The first-order valence-electron chi connectivity index (χ1n) is 11.7. The van der Waals surface area contributed by atoms with Gasteiger partial charge in [-0.3, -0.25) is 14.4 Å². The molecule has 0 heterocycles. The average Bonchev–Trinajstić information content (AvgIpc) is 3.01. The van der Waals surface area contributed by atoms with Gasteiger partial charge in [-0.15, -0.1) is 0 Å². The number of halogens is 3. The molecule has 0 aromatic rings. The van der Waals surface area contributed by atoms with Gasteiger partial charge in [0.1, 0.15) is 11.8 Å². The van der Waals surface area contributed by atoms with Crippen LogP contribution >= 0.6 is 11.8 Å². The van der Waals surface area contributed by atoms with Crippen molar-refractivity contribution in [1.82, 2.24) is 0 Å². The summed E-state index contributed by atoms with van der Waals surface area (Å²) in [6, 6.07) is -0.903. The number of hydrogen-bond donors (Lipinski definition) is 0. The van der Waals surface area contributed by atoms with Gasteiger partial charge in [0.2, 0.25) is 16.7 Å². The molecular weight excluding hydrogens is 453 g/mol. The molecule has 3 saturated carbocycles. The second kappa shape index (κ2) is 8.28. The molecule has 8 heteroatoms. The highest BCUT2D eigenvalue weighted by molar-refractivity contribution is 8.13. The van der Waals surface area contributed by atoms with Crippen molar-refractivity contribution in [3.63, 3.8) is 0 Å². The van der Waals surface area contributed by atoms with Crippen LogP contribution in [0.25, 0.3) is 0 Å². The highest BCUT2D eigenvalue weighted by atomic mass is 32.2. The number of fused-ring (bicyclic) bond motifs is 5. The van der Waals surface area contributed by atoms with Crippen LogP contribution in [0.4, 0.5) is 13.2 Å². The Kier molecular flexibility index (Phi) is 6.16. The Hall–Kier alpha value is -1.57. The second-order valence-electron chi connectivity index (χ2n) is 10.5. The Morgan fingerprint density at radius 1 is 1.21 bits per heavy atom. The number of ketones is 1. The molecule has 0 radical (unpaired) electrons. The number of rotatable bonds is 4. The Labute approximate surface area is 196 Å². The molecule has 0 aliphatic heterocycles. The molecule has 7 unspecified atom stereocenters. The van der Waals surface area contributed by atoms with Crippen LogP contribution < -0.4 is 0 Å². The number of allylic oxidation sites excluding steroid dienone is 4. The lowest BCUT2D eigenvalue weighted by atomic mass is 9.47. The minimum Gasteiger partial charge on any atom is -0.449 e. The van der Waals surface area contributed by atoms with Crippen molar-refractivity contribution < 1.29 is 32.3 Å². The van der Waals surface area contributed by atoms with Gasteiger partial charge in [0.15, 0.2) is 5.60 Å². The van der Waals surface area contributed by atoms with E-state index in [4.69, 9.17) is 4.74 Å². The Morgan fingerprint density at radius 2 is 1.91 bits per heavy atom. The number of carbonyl (C=O) groups excluding carboxylic acids is 3. The fourth-order valence-corrected chi connectivity index (χ4v) is 8.53. The summed E-state index contributed by atoms with van der Waals surface area (Å²) in [4.78, 5) is 37.7. The van der Waals surface area contributed by atoms with E-state index in [-0.39, 0.29) is 30.1 Å². The van der Waals surface area contributed by atoms with E-state index in [0.717, 1.165) is 0 Å². The molecule has 0 amide bonds. The van der Waals surface area contributed by atoms with Crippen molar-refractivity contribution >= 4 is 28.6 Å². The highest BCUT2D eigenvalue weighted by Gasteiger charge is 2.72. The van der Waals surface area contributed by atoms with Crippen LogP contribution in [0.1, 0.15) is 66.2 Å². The summed E-state index contributed by atoms with van der Waals surface area (Å²) in [5.41, 5.74) is -2.74. The van der Waals surface area contributed by atoms with Gasteiger partial charge in [-0.1, -0.05) is 26.3 Å². The predicted molar refractivity (Wildman–Crippen MR) is 119 cm³/mol. The Morgan fingerprint density at radius 3 is 2.55 bits per heavy atom. The van der Waals surface area contributed by atoms with E-state index < -0.39 is 51.0 Å². The van der Waals surface area contributed by atoms with Gasteiger partial charge in [-0.2, -0.15) is 4.39 Å². The molecule has 4 rings (SSSR count). The summed E-state index contributed by atoms with van der Waals surface area (Å²) in [7, 11) is 0. The van der Waals surface area contributed by atoms with Crippen LogP contribution in [0.3, 0.4) is 0 Å². The number of hydrogen-bond acceptors (Lipinski definition) is 5. The molecule has 0 saturated heterocycles. The maximum Gasteiger partial charge on any atom is 0.306 e. The molecule has 4 aliphatic carbocycles. The van der Waals surface area contributed by atoms with E-state index in [1.54, 1.807) is 13.8 Å². The Balaban J connectivity index is 1.78. The number of esters is 1. The molecule has 4 aliphatic rings. The molecule has 0 N–H and O–H groups in total. The third kappa shape index (κ3) is 3.15. The van der Waals surface area contributed by atoms with Gasteiger partial charge >= 0.3 is 5.97 Å². The van der Waals surface area contributed by atoms with Crippen molar-refractivity contribution in [2.75, 3.05) is 6.01 Å². The van der Waals surface area contributed by atoms with Crippen molar-refractivity contribution in [2.24, 2.45) is 34.5 Å². The molecule has 4 nitrogen and oxygen atoms in total. The Bertz CT molecular complexity index is 961. The lowest BCUT2D eigenvalue weighted by molar-refractivity contribution is -0.190. The SMILES string of the molecule is CCC(=O)OC1(C(=O)SCF)C(C)CC2C3CCC4=CC(=O)C(F)=C(F)C4(C)C3CCC21C. The standard InChI is InChI=1S/C25H31F3O4S/c1-5-19(30)32-25(22(31)33-12-26)13(2)10-17-15-7-6-14-11-18(29)20(27)21(28)24(14,4)16(15)8-9-23(17,25)3/h11,13,15-17H,5-10,12H2,1-4H3. The van der Waals surface area contributed by atoms with Crippen molar-refractivity contribution in [1.29, 1.82) is 0 Å². The van der Waals surface area contributed by atoms with Crippen LogP contribution in [0, 0.1) is 34.5 Å². The summed E-state index contributed by atoms with van der Waals surface area (Å²) in [5, 5.41) is -0.467. The van der Waals surface area contributed by atoms with Crippen molar-refractivity contribution in [2.45, 2.75) is 71.8 Å². The molecule has 3 fully saturated rings. The third-order valence-electron chi connectivity index (χ3n) is 9.35. The minimum absolute atomic E-state index is 0.0366. The van der Waals surface area contributed by atoms with Crippen molar-refractivity contribution in [3.05, 3.63) is 23.3 Å². The van der Waals surface area contributed by atoms with E-state index in [9.17, 15) is 23.2 Å². The van der Waals surface area contributed by atoms with E-state index in [2.05, 4.69) is 0 Å². The average molecular weight is 485 g/mol. The van der Waals surface area contributed by atoms with Gasteiger partial charge in [-0.05, 0) is 74.6 Å². The molecule has 0 aromatic carbocycles. The summed E-state index contributed by atoms with van der Waals surface area (Å²) in [5.74, 6) is -4.38. The van der Waals surface area contributed by atoms with E-state index in [1.165, 1.54) is 6.08 Å². The van der Waals surface area contributed by atoms with Crippen LogP contribution in [0.15, 0.2) is 23.3 Å². The zero-order valence-electron chi connectivity index (χ0n) is 19.5. The highest BCUT2D eigenvalue weighted by Crippen LogP contribution is 2.70. The lowest BCUT2D eigenvalue weighted by Gasteiger charge is -2.58. The van der Waals surface area contributed by atoms with Gasteiger partial charge in [0, 0.05) is 23.2 Å². The summed E-state index contributed by atoms with van der Waals surface area (Å²) < 4.78 is 48.9. The predicted octanol–water partition coefficient (Wildman–Crippen LogP) is 6.01. The van der Waals surface area contributed by atoms with Gasteiger partial charge < -0.3 is 4.74 Å². The fraction of sp³-hybridized carbons (Fsp3) is 0.720. The molecule has 0 spiro atoms. The summed E-state index contributed by atoms with van der Waals surface area (Å²) in [6.07, 6.45) is 4.05. The van der Waals surface area contributed by atoms with Gasteiger partial charge in [0.25, 0.3) is 0 Å².